The second kappa shape index (κ2) is 5.98. The molecule has 2 heterocycles. The summed E-state index contributed by atoms with van der Waals surface area (Å²) in [5.74, 6) is 0.346. The van der Waals surface area contributed by atoms with Gasteiger partial charge in [0.1, 0.15) is 4.88 Å². The van der Waals surface area contributed by atoms with Gasteiger partial charge in [-0.25, -0.2) is 4.79 Å². The zero-order valence-electron chi connectivity index (χ0n) is 12.5. The van der Waals surface area contributed by atoms with E-state index < -0.39 is 5.97 Å². The lowest BCUT2D eigenvalue weighted by Crippen LogP contribution is -2.13. The van der Waals surface area contributed by atoms with Crippen molar-refractivity contribution in [3.8, 4) is 11.5 Å². The minimum Gasteiger partial charge on any atom is -0.454 e. The summed E-state index contributed by atoms with van der Waals surface area (Å²) in [7, 11) is 0. The molecule has 0 saturated heterocycles. The van der Waals surface area contributed by atoms with Gasteiger partial charge in [0.15, 0.2) is 23.9 Å². The first-order chi connectivity index (χ1) is 11.7. The number of carbonyl (C=O) groups is 2. The van der Waals surface area contributed by atoms with E-state index in [9.17, 15) is 9.59 Å². The molecule has 4 rings (SSSR count). The summed E-state index contributed by atoms with van der Waals surface area (Å²) >= 11 is 1.35. The first-order valence-electron chi connectivity index (χ1n) is 7.29. The van der Waals surface area contributed by atoms with Crippen molar-refractivity contribution in [2.45, 2.75) is 0 Å². The van der Waals surface area contributed by atoms with Crippen molar-refractivity contribution >= 4 is 33.2 Å². The monoisotopic (exact) mass is 340 g/mol. The number of esters is 1. The van der Waals surface area contributed by atoms with Crippen LogP contribution in [-0.4, -0.2) is 25.2 Å². The fourth-order valence-corrected chi connectivity index (χ4v) is 3.39. The zero-order valence-corrected chi connectivity index (χ0v) is 13.3. The van der Waals surface area contributed by atoms with E-state index >= 15 is 0 Å². The van der Waals surface area contributed by atoms with Gasteiger partial charge in [0, 0.05) is 10.3 Å². The molecule has 0 fully saturated rings. The molecule has 0 aliphatic carbocycles. The highest BCUT2D eigenvalue weighted by Crippen LogP contribution is 2.32. The third-order valence-corrected chi connectivity index (χ3v) is 4.75. The van der Waals surface area contributed by atoms with Gasteiger partial charge in [-0.15, -0.1) is 11.3 Å². The molecule has 0 N–H and O–H groups in total. The van der Waals surface area contributed by atoms with Crippen molar-refractivity contribution in [3.63, 3.8) is 0 Å². The maximum absolute atomic E-state index is 12.2. The van der Waals surface area contributed by atoms with Crippen LogP contribution < -0.4 is 9.47 Å². The number of hydrogen-bond donors (Lipinski definition) is 0. The molecule has 120 valence electrons. The molecular formula is C18H12O5S. The first-order valence-corrected chi connectivity index (χ1v) is 8.11. The van der Waals surface area contributed by atoms with Gasteiger partial charge in [0.05, 0.1) is 0 Å². The fourth-order valence-electron chi connectivity index (χ4n) is 2.44. The number of Topliss-reactive ketones (excluding diaryl/α,β-unsaturated/α-hetero) is 1. The standard InChI is InChI=1S/C18H12O5S/c19-13(11-5-6-14-15(7-11)23-10-22-14)9-21-18(20)17-8-12-3-1-2-4-16(12)24-17/h1-8H,9-10H2. The van der Waals surface area contributed by atoms with Crippen molar-refractivity contribution in [1.29, 1.82) is 0 Å². The van der Waals surface area contributed by atoms with Crippen molar-refractivity contribution in [2.75, 3.05) is 13.4 Å². The molecule has 1 aliphatic rings. The van der Waals surface area contributed by atoms with Crippen LogP contribution in [0.25, 0.3) is 10.1 Å². The largest absolute Gasteiger partial charge is 0.454 e. The number of benzene rings is 2. The van der Waals surface area contributed by atoms with Gasteiger partial charge in [-0.1, -0.05) is 18.2 Å². The minimum atomic E-state index is -0.495. The molecule has 0 amide bonds. The Morgan fingerprint density at radius 1 is 1.04 bits per heavy atom. The van der Waals surface area contributed by atoms with Gasteiger partial charge >= 0.3 is 5.97 Å². The number of carbonyl (C=O) groups excluding carboxylic acids is 2. The molecule has 0 saturated carbocycles. The molecule has 5 nitrogen and oxygen atoms in total. The predicted molar refractivity (Wildman–Crippen MR) is 89.0 cm³/mol. The molecule has 0 spiro atoms. The summed E-state index contributed by atoms with van der Waals surface area (Å²) in [5.41, 5.74) is 0.420. The summed E-state index contributed by atoms with van der Waals surface area (Å²) in [6, 6.07) is 14.4. The van der Waals surface area contributed by atoms with E-state index in [1.165, 1.54) is 11.3 Å². The van der Waals surface area contributed by atoms with Crippen molar-refractivity contribution in [1.82, 2.24) is 0 Å². The van der Waals surface area contributed by atoms with Crippen LogP contribution in [0.15, 0.2) is 48.5 Å². The smallest absolute Gasteiger partial charge is 0.348 e. The van der Waals surface area contributed by atoms with Gasteiger partial charge in [0.2, 0.25) is 6.79 Å². The quantitative estimate of drug-likeness (QED) is 0.536. The lowest BCUT2D eigenvalue weighted by atomic mass is 10.1. The summed E-state index contributed by atoms with van der Waals surface area (Å²) in [4.78, 5) is 24.8. The normalized spacial score (nSPS) is 12.3. The second-order valence-corrected chi connectivity index (χ2v) is 6.30. The highest BCUT2D eigenvalue weighted by molar-refractivity contribution is 7.20. The van der Waals surface area contributed by atoms with Crippen LogP contribution in [0.2, 0.25) is 0 Å². The van der Waals surface area contributed by atoms with Crippen molar-refractivity contribution in [3.05, 3.63) is 59.0 Å². The summed E-state index contributed by atoms with van der Waals surface area (Å²) < 4.78 is 16.6. The summed E-state index contributed by atoms with van der Waals surface area (Å²) in [5, 5.41) is 0.983. The number of fused-ring (bicyclic) bond motifs is 2. The Labute approximate surface area is 141 Å². The Bertz CT molecular complexity index is 910. The Kier molecular flexibility index (Phi) is 3.66. The number of ether oxygens (including phenoxy) is 3. The topological polar surface area (TPSA) is 61.8 Å². The van der Waals surface area contributed by atoms with Crippen LogP contribution in [0.5, 0.6) is 11.5 Å². The van der Waals surface area contributed by atoms with Gasteiger partial charge in [-0.3, -0.25) is 4.79 Å². The fraction of sp³-hybridized carbons (Fsp3) is 0.111. The van der Waals surface area contributed by atoms with Crippen LogP contribution in [0, 0.1) is 0 Å². The Morgan fingerprint density at radius 3 is 2.75 bits per heavy atom. The van der Waals surface area contributed by atoms with Crippen LogP contribution in [0.4, 0.5) is 0 Å². The molecule has 2 aromatic carbocycles. The van der Waals surface area contributed by atoms with Gasteiger partial charge in [-0.2, -0.15) is 0 Å². The zero-order chi connectivity index (χ0) is 16.5. The van der Waals surface area contributed by atoms with Crippen LogP contribution >= 0.6 is 11.3 Å². The van der Waals surface area contributed by atoms with Crippen LogP contribution in [0.1, 0.15) is 20.0 Å². The number of thiophene rings is 1. The highest BCUT2D eigenvalue weighted by atomic mass is 32.1. The number of ketones is 1. The van der Waals surface area contributed by atoms with E-state index in [2.05, 4.69) is 0 Å². The highest BCUT2D eigenvalue weighted by Gasteiger charge is 2.18. The lowest BCUT2D eigenvalue weighted by molar-refractivity contribution is 0.0479. The molecule has 6 heteroatoms. The third-order valence-electron chi connectivity index (χ3n) is 3.66. The predicted octanol–water partition coefficient (Wildman–Crippen LogP) is 3.67. The van der Waals surface area contributed by atoms with E-state index in [0.29, 0.717) is 21.9 Å². The van der Waals surface area contributed by atoms with Crippen LogP contribution in [0.3, 0.4) is 0 Å². The van der Waals surface area contributed by atoms with Crippen molar-refractivity contribution < 1.29 is 23.8 Å². The summed E-state index contributed by atoms with van der Waals surface area (Å²) in [6.07, 6.45) is 0. The molecule has 0 atom stereocenters. The Balaban J connectivity index is 1.44. The molecular weight excluding hydrogens is 328 g/mol. The summed E-state index contributed by atoms with van der Waals surface area (Å²) in [6.45, 7) is -0.166. The van der Waals surface area contributed by atoms with Gasteiger partial charge in [0.25, 0.3) is 0 Å². The lowest BCUT2D eigenvalue weighted by Gasteiger charge is -2.04. The maximum atomic E-state index is 12.2. The number of hydrogen-bond acceptors (Lipinski definition) is 6. The molecule has 1 aliphatic heterocycles. The molecule has 24 heavy (non-hydrogen) atoms. The van der Waals surface area contributed by atoms with Crippen molar-refractivity contribution in [2.24, 2.45) is 0 Å². The number of rotatable bonds is 4. The molecule has 3 aromatic rings. The van der Waals surface area contributed by atoms with E-state index in [1.54, 1.807) is 24.3 Å². The van der Waals surface area contributed by atoms with E-state index in [0.717, 1.165) is 10.1 Å². The molecule has 0 unspecified atom stereocenters. The van der Waals surface area contributed by atoms with Gasteiger partial charge < -0.3 is 14.2 Å². The van der Waals surface area contributed by atoms with E-state index in [-0.39, 0.29) is 19.2 Å². The third kappa shape index (κ3) is 2.72. The Hall–Kier alpha value is -2.86. The maximum Gasteiger partial charge on any atom is 0.348 e. The minimum absolute atomic E-state index is 0.147. The molecule has 0 bridgehead atoms. The second-order valence-electron chi connectivity index (χ2n) is 5.22. The van der Waals surface area contributed by atoms with Crippen LogP contribution in [-0.2, 0) is 4.74 Å². The SMILES string of the molecule is O=C(COC(=O)c1cc2ccccc2s1)c1ccc2c(c1)OCO2. The average Bonchev–Trinajstić information content (AvgIpc) is 3.24. The van der Waals surface area contributed by atoms with Gasteiger partial charge in [-0.05, 0) is 35.7 Å². The van der Waals surface area contributed by atoms with E-state index in [1.807, 2.05) is 24.3 Å². The molecule has 0 radical (unpaired) electrons. The van der Waals surface area contributed by atoms with E-state index in [4.69, 9.17) is 14.2 Å². The average molecular weight is 340 g/mol. The Morgan fingerprint density at radius 2 is 1.88 bits per heavy atom. The molecule has 1 aromatic heterocycles. The first kappa shape index (κ1) is 14.7.